The predicted octanol–water partition coefficient (Wildman–Crippen LogP) is 4.14. The van der Waals surface area contributed by atoms with Crippen molar-refractivity contribution in [3.05, 3.63) is 35.1 Å². The molecule has 1 atom stereocenters. The molecule has 1 aromatic carbocycles. The number of hydrogen-bond acceptors (Lipinski definition) is 1. The Bertz CT molecular complexity index is 450. The Labute approximate surface area is 110 Å². The van der Waals surface area contributed by atoms with Crippen molar-refractivity contribution < 1.29 is 30.7 Å². The molecule has 8 heteroatoms. The van der Waals surface area contributed by atoms with E-state index in [4.69, 9.17) is 0 Å². The molecule has 1 rings (SSSR count). The maximum atomic E-state index is 12.9. The van der Waals surface area contributed by atoms with Crippen LogP contribution in [0.4, 0.5) is 30.7 Å². The summed E-state index contributed by atoms with van der Waals surface area (Å²) >= 11 is 0. The lowest BCUT2D eigenvalue weighted by Crippen LogP contribution is -2.45. The highest BCUT2D eigenvalue weighted by molar-refractivity contribution is 5.30. The fraction of sp³-hybridized carbons (Fsp3) is 0.500. The number of hydrogen-bond donors (Lipinski definition) is 1. The lowest BCUT2D eigenvalue weighted by atomic mass is 9.89. The highest BCUT2D eigenvalue weighted by atomic mass is 19.4. The van der Waals surface area contributed by atoms with Crippen LogP contribution in [-0.2, 0) is 0 Å². The molecule has 0 aromatic heterocycles. The first-order chi connectivity index (χ1) is 8.98. The van der Waals surface area contributed by atoms with Gasteiger partial charge in [0.2, 0.25) is 0 Å². The van der Waals surface area contributed by atoms with Gasteiger partial charge in [-0.2, -0.15) is 26.3 Å². The van der Waals surface area contributed by atoms with E-state index in [-0.39, 0.29) is 11.1 Å². The van der Waals surface area contributed by atoms with E-state index in [0.29, 0.717) is 0 Å². The van der Waals surface area contributed by atoms with Crippen LogP contribution in [0.1, 0.15) is 17.2 Å². The molecule has 0 fully saturated rings. The fourth-order valence-corrected chi connectivity index (χ4v) is 2.05. The normalized spacial score (nSPS) is 14.7. The van der Waals surface area contributed by atoms with Crippen molar-refractivity contribution in [3.63, 3.8) is 0 Å². The standard InChI is InChI=1S/C12H12F7N/c1-6-5-7(13)3-4-8(6)9(20-2)10(11(14,15)16)12(17,18)19/h3-5,9-10,20H,1-2H3. The van der Waals surface area contributed by atoms with E-state index >= 15 is 0 Å². The molecule has 1 nitrogen and oxygen atoms in total. The quantitative estimate of drug-likeness (QED) is 0.828. The van der Waals surface area contributed by atoms with Crippen LogP contribution in [0, 0.1) is 18.7 Å². The summed E-state index contributed by atoms with van der Waals surface area (Å²) in [5.41, 5.74) is -0.226. The summed E-state index contributed by atoms with van der Waals surface area (Å²) in [4.78, 5) is 0. The van der Waals surface area contributed by atoms with Crippen molar-refractivity contribution in [2.24, 2.45) is 5.92 Å². The molecule has 0 aliphatic carbocycles. The molecule has 0 aliphatic heterocycles. The Kier molecular flexibility index (Phi) is 4.68. The van der Waals surface area contributed by atoms with Crippen LogP contribution in [-0.4, -0.2) is 19.4 Å². The van der Waals surface area contributed by atoms with Crippen molar-refractivity contribution in [3.8, 4) is 0 Å². The number of halogens is 7. The predicted molar refractivity (Wildman–Crippen MR) is 58.5 cm³/mol. The third kappa shape index (κ3) is 3.62. The average Bonchev–Trinajstić information content (AvgIpc) is 2.22. The Morgan fingerprint density at radius 1 is 1.00 bits per heavy atom. The monoisotopic (exact) mass is 303 g/mol. The molecule has 0 amide bonds. The molecule has 114 valence electrons. The van der Waals surface area contributed by atoms with Crippen molar-refractivity contribution in [1.29, 1.82) is 0 Å². The molecule has 1 N–H and O–H groups in total. The van der Waals surface area contributed by atoms with Crippen molar-refractivity contribution in [2.45, 2.75) is 25.3 Å². The van der Waals surface area contributed by atoms with Crippen molar-refractivity contribution >= 4 is 0 Å². The Balaban J connectivity index is 3.34. The van der Waals surface area contributed by atoms with Crippen LogP contribution in [0.15, 0.2) is 18.2 Å². The molecule has 0 aliphatic rings. The number of aryl methyl sites for hydroxylation is 1. The van der Waals surface area contributed by atoms with Gasteiger partial charge in [-0.3, -0.25) is 0 Å². The first-order valence-corrected chi connectivity index (χ1v) is 5.55. The van der Waals surface area contributed by atoms with Gasteiger partial charge in [0.1, 0.15) is 5.82 Å². The molecular formula is C12H12F7N. The van der Waals surface area contributed by atoms with Crippen LogP contribution in [0.5, 0.6) is 0 Å². The van der Waals surface area contributed by atoms with Gasteiger partial charge in [0.15, 0.2) is 5.92 Å². The molecule has 1 aromatic rings. The second kappa shape index (κ2) is 5.59. The summed E-state index contributed by atoms with van der Waals surface area (Å²) in [5, 5.41) is 2.03. The minimum Gasteiger partial charge on any atom is -0.312 e. The van der Waals surface area contributed by atoms with E-state index in [0.717, 1.165) is 25.2 Å². The summed E-state index contributed by atoms with van der Waals surface area (Å²) in [7, 11) is 0.998. The largest absolute Gasteiger partial charge is 0.402 e. The molecule has 0 heterocycles. The van der Waals surface area contributed by atoms with Gasteiger partial charge in [0.05, 0.1) is 6.04 Å². The first kappa shape index (κ1) is 16.7. The topological polar surface area (TPSA) is 12.0 Å². The van der Waals surface area contributed by atoms with E-state index in [9.17, 15) is 30.7 Å². The van der Waals surface area contributed by atoms with Gasteiger partial charge >= 0.3 is 12.4 Å². The van der Waals surface area contributed by atoms with E-state index in [1.54, 1.807) is 0 Å². The van der Waals surface area contributed by atoms with Gasteiger partial charge in [0, 0.05) is 0 Å². The summed E-state index contributed by atoms with van der Waals surface area (Å²) in [6.07, 6.45) is -10.9. The molecule has 0 radical (unpaired) electrons. The molecule has 0 spiro atoms. The molecule has 1 unspecified atom stereocenters. The minimum atomic E-state index is -5.47. The van der Waals surface area contributed by atoms with Crippen LogP contribution < -0.4 is 5.32 Å². The van der Waals surface area contributed by atoms with Gasteiger partial charge in [0.25, 0.3) is 0 Å². The molecule has 20 heavy (non-hydrogen) atoms. The SMILES string of the molecule is CNC(c1ccc(F)cc1C)C(C(F)(F)F)C(F)(F)F. The van der Waals surface area contributed by atoms with Crippen LogP contribution in [0.25, 0.3) is 0 Å². The molecule has 0 saturated heterocycles. The maximum Gasteiger partial charge on any atom is 0.402 e. The number of alkyl halides is 6. The number of rotatable bonds is 3. The Morgan fingerprint density at radius 2 is 1.50 bits per heavy atom. The molecule has 0 bridgehead atoms. The number of benzene rings is 1. The zero-order valence-corrected chi connectivity index (χ0v) is 10.5. The van der Waals surface area contributed by atoms with E-state index in [1.807, 2.05) is 5.32 Å². The lowest BCUT2D eigenvalue weighted by molar-refractivity contribution is -0.292. The van der Waals surface area contributed by atoms with E-state index in [1.165, 1.54) is 6.92 Å². The molecular weight excluding hydrogens is 291 g/mol. The zero-order chi connectivity index (χ0) is 15.7. The summed E-state index contributed by atoms with van der Waals surface area (Å²) < 4.78 is 89.2. The minimum absolute atomic E-state index is 0.0165. The van der Waals surface area contributed by atoms with E-state index in [2.05, 4.69) is 0 Å². The van der Waals surface area contributed by atoms with Gasteiger partial charge in [-0.1, -0.05) is 6.07 Å². The lowest BCUT2D eigenvalue weighted by Gasteiger charge is -2.31. The summed E-state index contributed by atoms with van der Waals surface area (Å²) in [6.45, 7) is 1.26. The third-order valence-corrected chi connectivity index (χ3v) is 2.92. The first-order valence-electron chi connectivity index (χ1n) is 5.55. The van der Waals surface area contributed by atoms with Gasteiger partial charge in [-0.15, -0.1) is 0 Å². The Morgan fingerprint density at radius 3 is 1.85 bits per heavy atom. The maximum absolute atomic E-state index is 12.9. The van der Waals surface area contributed by atoms with Crippen molar-refractivity contribution in [2.75, 3.05) is 7.05 Å². The smallest absolute Gasteiger partial charge is 0.312 e. The van der Waals surface area contributed by atoms with Crippen LogP contribution in [0.2, 0.25) is 0 Å². The fourth-order valence-electron chi connectivity index (χ4n) is 2.05. The second-order valence-electron chi connectivity index (χ2n) is 4.33. The van der Waals surface area contributed by atoms with Gasteiger partial charge in [-0.25, -0.2) is 4.39 Å². The average molecular weight is 303 g/mol. The number of nitrogens with one attached hydrogen (secondary N) is 1. The van der Waals surface area contributed by atoms with Gasteiger partial charge < -0.3 is 5.32 Å². The zero-order valence-electron chi connectivity index (χ0n) is 10.5. The van der Waals surface area contributed by atoms with Gasteiger partial charge in [-0.05, 0) is 37.2 Å². The van der Waals surface area contributed by atoms with Crippen LogP contribution in [0.3, 0.4) is 0 Å². The van der Waals surface area contributed by atoms with E-state index < -0.39 is 30.1 Å². The summed E-state index contributed by atoms with van der Waals surface area (Å²) in [6, 6.07) is 0.617. The van der Waals surface area contributed by atoms with Crippen molar-refractivity contribution in [1.82, 2.24) is 5.32 Å². The van der Waals surface area contributed by atoms with Crippen LogP contribution >= 0.6 is 0 Å². The second-order valence-corrected chi connectivity index (χ2v) is 4.33. The third-order valence-electron chi connectivity index (χ3n) is 2.92. The Hall–Kier alpha value is -1.31. The molecule has 0 saturated carbocycles. The highest BCUT2D eigenvalue weighted by Gasteiger charge is 2.60. The summed E-state index contributed by atoms with van der Waals surface area (Å²) in [5.74, 6) is -4.29. The highest BCUT2D eigenvalue weighted by Crippen LogP contribution is 2.46.